The molecule has 0 saturated heterocycles. The molecule has 1 aromatic heterocycles. The molecule has 3 heterocycles. The number of carbonyl (C=O) groups excluding carboxylic acids is 1. The maximum Gasteiger partial charge on any atom is 0.410 e. The first-order valence-corrected chi connectivity index (χ1v) is 11.1. The van der Waals surface area contributed by atoms with Gasteiger partial charge in [-0.3, -0.25) is 4.90 Å². The first-order valence-electron chi connectivity index (χ1n) is 11.1. The average molecular weight is 429 g/mol. The monoisotopic (exact) mass is 428 g/mol. The van der Waals surface area contributed by atoms with Gasteiger partial charge in [0.05, 0.1) is 17.4 Å². The zero-order valence-corrected chi connectivity index (χ0v) is 18.2. The number of nitrogens with zero attached hydrogens (tertiary/aromatic N) is 3. The maximum absolute atomic E-state index is 14.9. The summed E-state index contributed by atoms with van der Waals surface area (Å²) in [6.45, 7) is 7.39. The lowest BCUT2D eigenvalue weighted by atomic mass is 9.96. The highest BCUT2D eigenvalue weighted by atomic mass is 19.1. The van der Waals surface area contributed by atoms with Crippen LogP contribution in [0.1, 0.15) is 68.1 Å². The van der Waals surface area contributed by atoms with Gasteiger partial charge in [0.15, 0.2) is 11.6 Å². The third kappa shape index (κ3) is 3.56. The maximum atomic E-state index is 14.9. The third-order valence-electron chi connectivity index (χ3n) is 6.27. The van der Waals surface area contributed by atoms with Crippen molar-refractivity contribution in [2.75, 3.05) is 19.6 Å². The third-order valence-corrected chi connectivity index (χ3v) is 6.27. The van der Waals surface area contributed by atoms with Crippen molar-refractivity contribution in [2.24, 2.45) is 0 Å². The molecule has 7 nitrogen and oxygen atoms in total. The molecule has 1 fully saturated rings. The standard InChI is InChI=1S/C23H29FN4O3/c1-23(2,3)31-22(30)27-11-9-16-19-15(8-10-25-12-18(19)27)26-28(16)17-7-6-14(13-4-5-13)20(24)21(17)29/h6-7,13,18,25,29H,4-5,8-12H2,1-3H3. The van der Waals surface area contributed by atoms with Crippen molar-refractivity contribution in [3.63, 3.8) is 0 Å². The Balaban J connectivity index is 1.55. The zero-order chi connectivity index (χ0) is 21.9. The first kappa shape index (κ1) is 20.3. The quantitative estimate of drug-likeness (QED) is 0.765. The molecule has 1 unspecified atom stereocenters. The van der Waals surface area contributed by atoms with E-state index in [2.05, 4.69) is 5.32 Å². The normalized spacial score (nSPS) is 20.9. The minimum absolute atomic E-state index is 0.206. The number of benzene rings is 1. The van der Waals surface area contributed by atoms with Crippen LogP contribution in [0.2, 0.25) is 0 Å². The van der Waals surface area contributed by atoms with Gasteiger partial charge in [0.1, 0.15) is 11.3 Å². The van der Waals surface area contributed by atoms with Crippen LogP contribution in [0.25, 0.3) is 5.69 Å². The van der Waals surface area contributed by atoms with Crippen molar-refractivity contribution in [3.05, 3.63) is 40.5 Å². The molecular formula is C23H29FN4O3. The van der Waals surface area contributed by atoms with Gasteiger partial charge in [0.25, 0.3) is 0 Å². The van der Waals surface area contributed by atoms with Crippen LogP contribution >= 0.6 is 0 Å². The van der Waals surface area contributed by atoms with Gasteiger partial charge in [0.2, 0.25) is 0 Å². The molecule has 1 atom stereocenters. The Morgan fingerprint density at radius 3 is 2.77 bits per heavy atom. The number of aromatic hydroxyl groups is 1. The second-order valence-electron chi connectivity index (χ2n) is 9.72. The highest BCUT2D eigenvalue weighted by Gasteiger charge is 2.39. The van der Waals surface area contributed by atoms with Gasteiger partial charge in [-0.15, -0.1) is 0 Å². The predicted octanol–water partition coefficient (Wildman–Crippen LogP) is 3.57. The molecule has 1 amide bonds. The molecule has 2 aromatic rings. The summed E-state index contributed by atoms with van der Waals surface area (Å²) in [5, 5.41) is 18.8. The van der Waals surface area contributed by atoms with Gasteiger partial charge in [0, 0.05) is 38.0 Å². The SMILES string of the molecule is CC(C)(C)OC(=O)N1CCc2c3c(nn2-c2ccc(C4CC4)c(F)c2O)CCNCC31. The highest BCUT2D eigenvalue weighted by Crippen LogP contribution is 2.45. The Hall–Kier alpha value is -2.61. The lowest BCUT2D eigenvalue weighted by Gasteiger charge is -2.36. The minimum Gasteiger partial charge on any atom is -0.503 e. The summed E-state index contributed by atoms with van der Waals surface area (Å²) >= 11 is 0. The van der Waals surface area contributed by atoms with E-state index in [4.69, 9.17) is 9.84 Å². The summed E-state index contributed by atoms with van der Waals surface area (Å²) in [7, 11) is 0. The Morgan fingerprint density at radius 2 is 2.06 bits per heavy atom. The largest absolute Gasteiger partial charge is 0.503 e. The fraction of sp³-hybridized carbons (Fsp3) is 0.565. The zero-order valence-electron chi connectivity index (χ0n) is 18.2. The van der Waals surface area contributed by atoms with Crippen molar-refractivity contribution in [2.45, 2.75) is 64.0 Å². The van der Waals surface area contributed by atoms with Crippen LogP contribution < -0.4 is 5.32 Å². The van der Waals surface area contributed by atoms with Gasteiger partial charge in [-0.05, 0) is 51.2 Å². The lowest BCUT2D eigenvalue weighted by molar-refractivity contribution is 0.0142. The van der Waals surface area contributed by atoms with Gasteiger partial charge < -0.3 is 15.2 Å². The number of ether oxygens (including phenoxy) is 1. The van der Waals surface area contributed by atoms with Crippen LogP contribution in [0.3, 0.4) is 0 Å². The summed E-state index contributed by atoms with van der Waals surface area (Å²) in [5.74, 6) is -0.671. The summed E-state index contributed by atoms with van der Waals surface area (Å²) in [6, 6.07) is 3.33. The molecule has 1 aliphatic carbocycles. The van der Waals surface area contributed by atoms with E-state index >= 15 is 0 Å². The van der Waals surface area contributed by atoms with E-state index in [-0.39, 0.29) is 23.8 Å². The number of hydrogen-bond donors (Lipinski definition) is 2. The van der Waals surface area contributed by atoms with Crippen LogP contribution in [0, 0.1) is 5.82 Å². The number of phenolic OH excluding ortho intramolecular Hbond substituents is 1. The fourth-order valence-corrected chi connectivity index (χ4v) is 4.71. The highest BCUT2D eigenvalue weighted by molar-refractivity contribution is 5.70. The number of hydrogen-bond acceptors (Lipinski definition) is 5. The topological polar surface area (TPSA) is 79.6 Å². The molecule has 0 spiro atoms. The summed E-state index contributed by atoms with van der Waals surface area (Å²) in [4.78, 5) is 14.6. The van der Waals surface area contributed by atoms with E-state index in [1.165, 1.54) is 0 Å². The number of amides is 1. The smallest absolute Gasteiger partial charge is 0.410 e. The van der Waals surface area contributed by atoms with Crippen molar-refractivity contribution in [3.8, 4) is 11.4 Å². The molecule has 0 bridgehead atoms. The van der Waals surface area contributed by atoms with E-state index in [9.17, 15) is 14.3 Å². The van der Waals surface area contributed by atoms with Crippen molar-refractivity contribution in [1.29, 1.82) is 0 Å². The number of rotatable bonds is 2. The van der Waals surface area contributed by atoms with Crippen LogP contribution in [0.4, 0.5) is 9.18 Å². The molecular weight excluding hydrogens is 399 g/mol. The fourth-order valence-electron chi connectivity index (χ4n) is 4.71. The van der Waals surface area contributed by atoms with Crippen molar-refractivity contribution in [1.82, 2.24) is 20.0 Å². The average Bonchev–Trinajstić information content (AvgIpc) is 3.49. The number of aromatic nitrogens is 2. The Bertz CT molecular complexity index is 1040. The van der Waals surface area contributed by atoms with E-state index in [0.717, 1.165) is 36.3 Å². The van der Waals surface area contributed by atoms with Gasteiger partial charge in [-0.2, -0.15) is 5.10 Å². The van der Waals surface area contributed by atoms with Gasteiger partial charge >= 0.3 is 6.09 Å². The van der Waals surface area contributed by atoms with Crippen molar-refractivity contribution >= 4 is 6.09 Å². The van der Waals surface area contributed by atoms with Crippen LogP contribution in [0.15, 0.2) is 12.1 Å². The summed E-state index contributed by atoms with van der Waals surface area (Å²) in [5.41, 5.74) is 3.17. The first-order chi connectivity index (χ1) is 14.7. The minimum atomic E-state index is -0.574. The Labute approximate surface area is 181 Å². The van der Waals surface area contributed by atoms with Crippen LogP contribution in [-0.2, 0) is 17.6 Å². The molecule has 8 heteroatoms. The predicted molar refractivity (Wildman–Crippen MR) is 113 cm³/mol. The molecule has 0 radical (unpaired) electrons. The molecule has 31 heavy (non-hydrogen) atoms. The van der Waals surface area contributed by atoms with Crippen LogP contribution in [-0.4, -0.2) is 51.1 Å². The summed E-state index contributed by atoms with van der Waals surface area (Å²) < 4.78 is 22.2. The van der Waals surface area contributed by atoms with Gasteiger partial charge in [-0.1, -0.05) is 6.07 Å². The Kier molecular flexibility index (Phi) is 4.73. The molecule has 2 N–H and O–H groups in total. The van der Waals surface area contributed by atoms with E-state index in [1.807, 2.05) is 20.8 Å². The number of halogens is 1. The Morgan fingerprint density at radius 1 is 1.29 bits per heavy atom. The molecule has 2 aliphatic heterocycles. The molecule has 3 aliphatic rings. The number of nitrogens with one attached hydrogen (secondary N) is 1. The molecule has 1 aromatic carbocycles. The molecule has 1 saturated carbocycles. The number of phenols is 1. The molecule has 5 rings (SSSR count). The van der Waals surface area contributed by atoms with Crippen molar-refractivity contribution < 1.29 is 19.0 Å². The number of carbonyl (C=O) groups is 1. The van der Waals surface area contributed by atoms with E-state index in [0.29, 0.717) is 37.2 Å². The van der Waals surface area contributed by atoms with Crippen LogP contribution in [0.5, 0.6) is 5.75 Å². The second-order valence-corrected chi connectivity index (χ2v) is 9.72. The van der Waals surface area contributed by atoms with E-state index in [1.54, 1.807) is 21.7 Å². The van der Waals surface area contributed by atoms with Gasteiger partial charge in [-0.25, -0.2) is 13.9 Å². The molecule has 166 valence electrons. The second kappa shape index (κ2) is 7.22. The lowest BCUT2D eigenvalue weighted by Crippen LogP contribution is -2.46. The summed E-state index contributed by atoms with van der Waals surface area (Å²) in [6.07, 6.45) is 2.85. The van der Waals surface area contributed by atoms with E-state index < -0.39 is 11.4 Å².